The Kier molecular flexibility index (Phi) is 6.09. The summed E-state index contributed by atoms with van der Waals surface area (Å²) in [7, 11) is 1.53. The molecule has 0 heterocycles. The van der Waals surface area contributed by atoms with Crippen LogP contribution in [0, 0.1) is 5.82 Å². The molecule has 0 aromatic heterocycles. The second-order valence-corrected chi connectivity index (χ2v) is 4.80. The molecule has 0 bridgehead atoms. The summed E-state index contributed by atoms with van der Waals surface area (Å²) in [6.45, 7) is 7.69. The Bertz CT molecular complexity index is 369. The molecule has 0 spiro atoms. The summed E-state index contributed by atoms with van der Waals surface area (Å²) in [4.78, 5) is 0. The molecule has 1 unspecified atom stereocenters. The SMILES string of the molecule is COc1ccc(CNC(C)CNC(C)C)c(F)c1. The number of methoxy groups -OCH3 is 1. The summed E-state index contributed by atoms with van der Waals surface area (Å²) in [6.07, 6.45) is 0. The van der Waals surface area contributed by atoms with Crippen LogP contribution in [0.2, 0.25) is 0 Å². The van der Waals surface area contributed by atoms with E-state index in [1.165, 1.54) is 13.2 Å². The van der Waals surface area contributed by atoms with E-state index in [4.69, 9.17) is 4.74 Å². The molecule has 0 aliphatic rings. The molecular formula is C14H23FN2O. The van der Waals surface area contributed by atoms with Gasteiger partial charge in [0, 0.05) is 36.8 Å². The fourth-order valence-corrected chi connectivity index (χ4v) is 1.57. The first-order valence-corrected chi connectivity index (χ1v) is 6.32. The van der Waals surface area contributed by atoms with Gasteiger partial charge in [-0.25, -0.2) is 4.39 Å². The number of halogens is 1. The topological polar surface area (TPSA) is 33.3 Å². The Balaban J connectivity index is 2.43. The van der Waals surface area contributed by atoms with E-state index in [0.717, 1.165) is 6.54 Å². The van der Waals surface area contributed by atoms with Crippen LogP contribution in [-0.4, -0.2) is 25.7 Å². The van der Waals surface area contributed by atoms with Crippen LogP contribution in [-0.2, 0) is 6.54 Å². The summed E-state index contributed by atoms with van der Waals surface area (Å²) >= 11 is 0. The Labute approximate surface area is 109 Å². The molecule has 4 heteroatoms. The third-order valence-electron chi connectivity index (χ3n) is 2.73. The van der Waals surface area contributed by atoms with Gasteiger partial charge in [-0.2, -0.15) is 0 Å². The lowest BCUT2D eigenvalue weighted by Gasteiger charge is -2.17. The molecule has 18 heavy (non-hydrogen) atoms. The van der Waals surface area contributed by atoms with Crippen molar-refractivity contribution in [1.82, 2.24) is 10.6 Å². The Hall–Kier alpha value is -1.13. The van der Waals surface area contributed by atoms with Crippen molar-refractivity contribution in [1.29, 1.82) is 0 Å². The second-order valence-electron chi connectivity index (χ2n) is 4.80. The highest BCUT2D eigenvalue weighted by Gasteiger charge is 2.06. The van der Waals surface area contributed by atoms with Crippen LogP contribution in [0.1, 0.15) is 26.3 Å². The van der Waals surface area contributed by atoms with E-state index in [0.29, 0.717) is 29.9 Å². The molecule has 0 fully saturated rings. The molecule has 1 rings (SSSR count). The van der Waals surface area contributed by atoms with Crippen LogP contribution in [0.15, 0.2) is 18.2 Å². The van der Waals surface area contributed by atoms with Gasteiger partial charge in [-0.15, -0.1) is 0 Å². The van der Waals surface area contributed by atoms with E-state index in [-0.39, 0.29) is 5.82 Å². The van der Waals surface area contributed by atoms with Crippen molar-refractivity contribution in [2.45, 2.75) is 39.4 Å². The second kappa shape index (κ2) is 7.34. The highest BCUT2D eigenvalue weighted by atomic mass is 19.1. The highest BCUT2D eigenvalue weighted by molar-refractivity contribution is 5.28. The molecule has 0 aliphatic heterocycles. The van der Waals surface area contributed by atoms with Crippen molar-refractivity contribution in [3.63, 3.8) is 0 Å². The zero-order valence-electron chi connectivity index (χ0n) is 11.6. The summed E-state index contributed by atoms with van der Waals surface area (Å²) in [5, 5.41) is 6.63. The van der Waals surface area contributed by atoms with Gasteiger partial charge >= 0.3 is 0 Å². The van der Waals surface area contributed by atoms with Crippen molar-refractivity contribution in [2.24, 2.45) is 0 Å². The quantitative estimate of drug-likeness (QED) is 0.783. The lowest BCUT2D eigenvalue weighted by molar-refractivity contribution is 0.410. The molecule has 0 saturated carbocycles. The maximum atomic E-state index is 13.7. The summed E-state index contributed by atoms with van der Waals surface area (Å²) in [5.74, 6) is 0.316. The standard InChI is InChI=1S/C14H23FN2O/c1-10(2)16-8-11(3)17-9-12-5-6-13(18-4)7-14(12)15/h5-7,10-11,16-17H,8-9H2,1-4H3. The number of hydrogen-bond acceptors (Lipinski definition) is 3. The smallest absolute Gasteiger partial charge is 0.131 e. The van der Waals surface area contributed by atoms with Gasteiger partial charge in [0.05, 0.1) is 7.11 Å². The number of rotatable bonds is 7. The van der Waals surface area contributed by atoms with E-state index in [1.54, 1.807) is 12.1 Å². The first-order valence-electron chi connectivity index (χ1n) is 6.32. The molecule has 0 aliphatic carbocycles. The third kappa shape index (κ3) is 5.02. The summed E-state index contributed by atoms with van der Waals surface area (Å²) in [5.41, 5.74) is 0.659. The lowest BCUT2D eigenvalue weighted by atomic mass is 10.2. The Morgan fingerprint density at radius 1 is 1.22 bits per heavy atom. The number of ether oxygens (including phenoxy) is 1. The highest BCUT2D eigenvalue weighted by Crippen LogP contribution is 2.16. The van der Waals surface area contributed by atoms with Crippen LogP contribution in [0.25, 0.3) is 0 Å². The Morgan fingerprint density at radius 2 is 1.94 bits per heavy atom. The lowest BCUT2D eigenvalue weighted by Crippen LogP contribution is -2.38. The molecule has 3 nitrogen and oxygen atoms in total. The van der Waals surface area contributed by atoms with Gasteiger partial charge < -0.3 is 15.4 Å². The van der Waals surface area contributed by atoms with Gasteiger partial charge in [0.25, 0.3) is 0 Å². The minimum Gasteiger partial charge on any atom is -0.497 e. The maximum Gasteiger partial charge on any atom is 0.131 e. The van der Waals surface area contributed by atoms with Crippen LogP contribution in [0.5, 0.6) is 5.75 Å². The summed E-state index contributed by atoms with van der Waals surface area (Å²) < 4.78 is 18.6. The molecule has 102 valence electrons. The summed E-state index contributed by atoms with van der Waals surface area (Å²) in [6, 6.07) is 5.70. The molecule has 1 aromatic carbocycles. The first kappa shape index (κ1) is 14.9. The fourth-order valence-electron chi connectivity index (χ4n) is 1.57. The van der Waals surface area contributed by atoms with Crippen molar-refractivity contribution >= 4 is 0 Å². The Morgan fingerprint density at radius 3 is 2.50 bits per heavy atom. The predicted molar refractivity (Wildman–Crippen MR) is 72.4 cm³/mol. The van der Waals surface area contributed by atoms with Crippen molar-refractivity contribution in [3.8, 4) is 5.75 Å². The predicted octanol–water partition coefficient (Wildman–Crippen LogP) is 2.31. The van der Waals surface area contributed by atoms with Gasteiger partial charge in [-0.3, -0.25) is 0 Å². The van der Waals surface area contributed by atoms with E-state index < -0.39 is 0 Å². The van der Waals surface area contributed by atoms with E-state index >= 15 is 0 Å². The zero-order chi connectivity index (χ0) is 13.5. The number of hydrogen-bond donors (Lipinski definition) is 2. The number of nitrogens with one attached hydrogen (secondary N) is 2. The van der Waals surface area contributed by atoms with Gasteiger partial charge in [0.1, 0.15) is 11.6 Å². The van der Waals surface area contributed by atoms with Crippen LogP contribution in [0.4, 0.5) is 4.39 Å². The average molecular weight is 254 g/mol. The molecule has 0 saturated heterocycles. The van der Waals surface area contributed by atoms with Crippen LogP contribution in [0.3, 0.4) is 0 Å². The molecule has 0 amide bonds. The maximum absolute atomic E-state index is 13.7. The van der Waals surface area contributed by atoms with Gasteiger partial charge in [0.2, 0.25) is 0 Å². The largest absolute Gasteiger partial charge is 0.497 e. The van der Waals surface area contributed by atoms with E-state index in [1.807, 2.05) is 0 Å². The molecule has 1 atom stereocenters. The molecule has 1 aromatic rings. The number of benzene rings is 1. The first-order chi connectivity index (χ1) is 8.52. The van der Waals surface area contributed by atoms with E-state index in [9.17, 15) is 4.39 Å². The molecular weight excluding hydrogens is 231 g/mol. The van der Waals surface area contributed by atoms with Crippen molar-refractivity contribution < 1.29 is 9.13 Å². The van der Waals surface area contributed by atoms with Gasteiger partial charge in [-0.05, 0) is 13.0 Å². The third-order valence-corrected chi connectivity index (χ3v) is 2.73. The minimum absolute atomic E-state index is 0.231. The monoisotopic (exact) mass is 254 g/mol. The normalized spacial score (nSPS) is 12.8. The van der Waals surface area contributed by atoms with Gasteiger partial charge in [0.15, 0.2) is 0 Å². The van der Waals surface area contributed by atoms with Crippen LogP contribution < -0.4 is 15.4 Å². The molecule has 0 radical (unpaired) electrons. The van der Waals surface area contributed by atoms with Crippen molar-refractivity contribution in [2.75, 3.05) is 13.7 Å². The van der Waals surface area contributed by atoms with Gasteiger partial charge in [-0.1, -0.05) is 19.9 Å². The fraction of sp³-hybridized carbons (Fsp3) is 0.571. The van der Waals surface area contributed by atoms with E-state index in [2.05, 4.69) is 31.4 Å². The van der Waals surface area contributed by atoms with Crippen molar-refractivity contribution in [3.05, 3.63) is 29.6 Å². The average Bonchev–Trinajstić information content (AvgIpc) is 2.34. The minimum atomic E-state index is -0.231. The van der Waals surface area contributed by atoms with Crippen LogP contribution >= 0.6 is 0 Å². The zero-order valence-corrected chi connectivity index (χ0v) is 11.6. The molecule has 2 N–H and O–H groups in total.